The largest absolute Gasteiger partial charge is 0.484 e. The van der Waals surface area contributed by atoms with Gasteiger partial charge in [0.2, 0.25) is 5.89 Å². The number of hydrogen-bond acceptors (Lipinski definition) is 8. The molecule has 168 valence electrons. The van der Waals surface area contributed by atoms with E-state index in [-0.39, 0.29) is 29.4 Å². The van der Waals surface area contributed by atoms with Gasteiger partial charge in [0.05, 0.1) is 24.3 Å². The van der Waals surface area contributed by atoms with Crippen molar-refractivity contribution in [1.82, 2.24) is 15.3 Å². The lowest BCUT2D eigenvalue weighted by atomic mass is 10.1. The number of aromatic nitrogens is 2. The number of nitrogens with one attached hydrogen (secondary N) is 1. The number of carbonyl (C=O) groups excluding carboxylic acids is 1. The van der Waals surface area contributed by atoms with Gasteiger partial charge in [-0.2, -0.15) is 8.78 Å². The summed E-state index contributed by atoms with van der Waals surface area (Å²) in [7, 11) is 0. The first-order valence-electron chi connectivity index (χ1n) is 10.0. The normalized spacial score (nSPS) is 19.2. The number of hydrogen-bond donors (Lipinski definition) is 1. The smallest absolute Gasteiger partial charge is 0.387 e. The van der Waals surface area contributed by atoms with Crippen molar-refractivity contribution in [3.05, 3.63) is 46.7 Å². The van der Waals surface area contributed by atoms with Crippen molar-refractivity contribution < 1.29 is 32.2 Å². The van der Waals surface area contributed by atoms with Crippen molar-refractivity contribution in [3.8, 4) is 23.0 Å². The fraction of sp³-hybridized carbons (Fsp3) is 0.381. The van der Waals surface area contributed by atoms with Crippen molar-refractivity contribution in [1.29, 1.82) is 0 Å². The monoisotopic (exact) mass is 463 g/mol. The second-order valence-corrected chi connectivity index (χ2v) is 8.31. The van der Waals surface area contributed by atoms with Gasteiger partial charge in [-0.3, -0.25) is 4.79 Å². The quantitative estimate of drug-likeness (QED) is 0.540. The number of thiazole rings is 1. The molecule has 0 radical (unpaired) electrons. The molecule has 8 nitrogen and oxygen atoms in total. The van der Waals surface area contributed by atoms with Crippen LogP contribution >= 0.6 is 11.3 Å². The highest BCUT2D eigenvalue weighted by atomic mass is 32.1. The second kappa shape index (κ2) is 8.47. The van der Waals surface area contributed by atoms with Gasteiger partial charge >= 0.3 is 6.61 Å². The van der Waals surface area contributed by atoms with Crippen LogP contribution in [0.4, 0.5) is 8.78 Å². The maximum Gasteiger partial charge on any atom is 0.387 e. The van der Waals surface area contributed by atoms with E-state index in [0.29, 0.717) is 36.6 Å². The van der Waals surface area contributed by atoms with Crippen molar-refractivity contribution in [3.63, 3.8) is 0 Å². The Morgan fingerprint density at radius 3 is 2.88 bits per heavy atom. The van der Waals surface area contributed by atoms with Gasteiger partial charge in [-0.1, -0.05) is 0 Å². The molecule has 1 saturated carbocycles. The summed E-state index contributed by atoms with van der Waals surface area (Å²) in [5.41, 5.74) is 2.49. The lowest BCUT2D eigenvalue weighted by Gasteiger charge is -2.16. The number of nitrogens with zero attached hydrogens (tertiary/aromatic N) is 2. The fourth-order valence-electron chi connectivity index (χ4n) is 3.51. The average Bonchev–Trinajstić information content (AvgIpc) is 3.28. The molecule has 1 saturated heterocycles. The van der Waals surface area contributed by atoms with E-state index < -0.39 is 12.2 Å². The lowest BCUT2D eigenvalue weighted by molar-refractivity contribution is -0.0520. The highest BCUT2D eigenvalue weighted by Gasteiger charge is 2.48. The summed E-state index contributed by atoms with van der Waals surface area (Å²) in [5, 5.41) is 4.66. The number of ether oxygens (including phenoxy) is 3. The maximum absolute atomic E-state index is 12.8. The third-order valence-corrected chi connectivity index (χ3v) is 5.94. The Kier molecular flexibility index (Phi) is 5.51. The van der Waals surface area contributed by atoms with Crippen LogP contribution in [0.5, 0.6) is 11.5 Å². The van der Waals surface area contributed by atoms with Crippen LogP contribution in [0.2, 0.25) is 0 Å². The molecule has 2 aromatic heterocycles. The van der Waals surface area contributed by atoms with Gasteiger partial charge in [-0.15, -0.1) is 11.3 Å². The zero-order valence-electron chi connectivity index (χ0n) is 16.8. The number of alkyl halides is 2. The summed E-state index contributed by atoms with van der Waals surface area (Å²) >= 11 is 1.35. The van der Waals surface area contributed by atoms with Gasteiger partial charge in [0.15, 0.2) is 11.5 Å². The Balaban J connectivity index is 1.37. The zero-order chi connectivity index (χ0) is 22.1. The van der Waals surface area contributed by atoms with E-state index >= 15 is 0 Å². The summed E-state index contributed by atoms with van der Waals surface area (Å²) in [6.07, 6.45) is 3.36. The van der Waals surface area contributed by atoms with Gasteiger partial charge in [0.25, 0.3) is 5.91 Å². The lowest BCUT2D eigenvalue weighted by Crippen LogP contribution is -2.35. The molecule has 1 aromatic carbocycles. The van der Waals surface area contributed by atoms with Crippen LogP contribution in [0.3, 0.4) is 0 Å². The summed E-state index contributed by atoms with van der Waals surface area (Å²) in [6, 6.07) is 4.52. The molecule has 5 rings (SSSR count). The van der Waals surface area contributed by atoms with Gasteiger partial charge < -0.3 is 23.9 Å². The SMILES string of the molecule is O=C(NC1(c2coc(-c3ccc(OC(F)F)c(O[C@@H]4CCOC4)c3)n2)CC1)c1cscn1. The minimum atomic E-state index is -2.98. The Morgan fingerprint density at radius 1 is 1.31 bits per heavy atom. The van der Waals surface area contributed by atoms with Gasteiger partial charge in [-0.05, 0) is 31.0 Å². The predicted octanol–water partition coefficient (Wildman–Crippen LogP) is 3.99. The first-order valence-corrected chi connectivity index (χ1v) is 11.0. The summed E-state index contributed by atoms with van der Waals surface area (Å²) < 4.78 is 47.0. The first-order chi connectivity index (χ1) is 15.5. The Morgan fingerprint density at radius 2 is 2.19 bits per heavy atom. The Hall–Kier alpha value is -3.05. The van der Waals surface area contributed by atoms with E-state index in [0.717, 1.165) is 12.8 Å². The number of halogens is 2. The highest BCUT2D eigenvalue weighted by molar-refractivity contribution is 7.07. The van der Waals surface area contributed by atoms with Crippen molar-refractivity contribution in [2.75, 3.05) is 13.2 Å². The van der Waals surface area contributed by atoms with Crippen LogP contribution in [0, 0.1) is 0 Å². The van der Waals surface area contributed by atoms with E-state index in [2.05, 4.69) is 20.0 Å². The van der Waals surface area contributed by atoms with Gasteiger partial charge in [-0.25, -0.2) is 9.97 Å². The third-order valence-electron chi connectivity index (χ3n) is 5.35. The number of rotatable bonds is 8. The standard InChI is InChI=1S/C21H19F2N3O5S/c22-20(23)31-15-2-1-12(7-16(15)30-13-3-6-28-8-13)19-25-17(9-29-19)21(4-5-21)26-18(27)14-10-32-11-24-14/h1-2,7,9-11,13,20H,3-6,8H2,(H,26,27)/t13-/m1/s1. The van der Waals surface area contributed by atoms with Crippen molar-refractivity contribution in [2.45, 2.75) is 37.5 Å². The second-order valence-electron chi connectivity index (χ2n) is 7.59. The van der Waals surface area contributed by atoms with Crippen LogP contribution in [0.15, 0.2) is 39.8 Å². The van der Waals surface area contributed by atoms with E-state index in [1.165, 1.54) is 23.7 Å². The molecule has 32 heavy (non-hydrogen) atoms. The predicted molar refractivity (Wildman–Crippen MR) is 109 cm³/mol. The van der Waals surface area contributed by atoms with Crippen molar-refractivity contribution in [2.24, 2.45) is 0 Å². The molecule has 0 unspecified atom stereocenters. The van der Waals surface area contributed by atoms with E-state index in [1.807, 2.05) is 0 Å². The molecular formula is C21H19F2N3O5S. The molecule has 2 fully saturated rings. The Bertz CT molecular complexity index is 1090. The zero-order valence-corrected chi connectivity index (χ0v) is 17.6. The van der Waals surface area contributed by atoms with Crippen LogP contribution in [0.1, 0.15) is 35.4 Å². The minimum Gasteiger partial charge on any atom is -0.484 e. The fourth-order valence-corrected chi connectivity index (χ4v) is 4.05. The van der Waals surface area contributed by atoms with E-state index in [4.69, 9.17) is 13.9 Å². The third kappa shape index (κ3) is 4.30. The molecule has 11 heteroatoms. The molecule has 3 aromatic rings. The molecule has 3 heterocycles. The molecule has 0 bridgehead atoms. The Labute approximate surface area is 185 Å². The first kappa shape index (κ1) is 20.8. The minimum absolute atomic E-state index is 0.0726. The van der Waals surface area contributed by atoms with Gasteiger partial charge in [0.1, 0.15) is 23.8 Å². The molecule has 0 spiro atoms. The van der Waals surface area contributed by atoms with Crippen LogP contribution in [-0.4, -0.2) is 41.8 Å². The summed E-state index contributed by atoms with van der Waals surface area (Å²) in [4.78, 5) is 21.0. The highest BCUT2D eigenvalue weighted by Crippen LogP contribution is 2.46. The molecule has 1 aliphatic carbocycles. The average molecular weight is 463 g/mol. The van der Waals surface area contributed by atoms with Crippen LogP contribution < -0.4 is 14.8 Å². The summed E-state index contributed by atoms with van der Waals surface area (Å²) in [5.74, 6) is 0.106. The van der Waals surface area contributed by atoms with E-state index in [1.54, 1.807) is 23.0 Å². The molecule has 1 aliphatic heterocycles. The number of benzene rings is 1. The molecule has 1 amide bonds. The molecule has 1 N–H and O–H groups in total. The van der Waals surface area contributed by atoms with Crippen molar-refractivity contribution >= 4 is 17.2 Å². The summed E-state index contributed by atoms with van der Waals surface area (Å²) in [6.45, 7) is -2.05. The topological polar surface area (TPSA) is 95.7 Å². The molecular weight excluding hydrogens is 444 g/mol. The molecule has 2 aliphatic rings. The van der Waals surface area contributed by atoms with Gasteiger partial charge in [0, 0.05) is 17.4 Å². The van der Waals surface area contributed by atoms with Crippen LogP contribution in [-0.2, 0) is 10.3 Å². The number of amides is 1. The van der Waals surface area contributed by atoms with E-state index in [9.17, 15) is 13.6 Å². The maximum atomic E-state index is 12.8. The number of oxazole rings is 1. The van der Waals surface area contributed by atoms with Crippen LogP contribution in [0.25, 0.3) is 11.5 Å². The number of carbonyl (C=O) groups is 1. The molecule has 1 atom stereocenters.